The first-order chi connectivity index (χ1) is 16.0. The fraction of sp³-hybridized carbons (Fsp3) is 0.304. The first-order valence-corrected chi connectivity index (χ1v) is 10.9. The number of fused-ring (bicyclic) bond motifs is 2. The topological polar surface area (TPSA) is 96.8 Å². The second-order valence-corrected chi connectivity index (χ2v) is 8.31. The van der Waals surface area contributed by atoms with E-state index in [0.717, 1.165) is 58.0 Å². The number of hydrogen-bond acceptors (Lipinski definition) is 7. The molecule has 0 saturated carbocycles. The molecule has 0 spiro atoms. The van der Waals surface area contributed by atoms with Crippen molar-refractivity contribution in [3.8, 4) is 17.1 Å². The second-order valence-electron chi connectivity index (χ2n) is 8.31. The van der Waals surface area contributed by atoms with Gasteiger partial charge in [-0.2, -0.15) is 10.2 Å². The fourth-order valence-electron chi connectivity index (χ4n) is 4.15. The maximum atomic E-state index is 6.24. The Morgan fingerprint density at radius 1 is 1.03 bits per heavy atom. The van der Waals surface area contributed by atoms with Crippen molar-refractivity contribution in [2.45, 2.75) is 12.5 Å². The third-order valence-corrected chi connectivity index (χ3v) is 5.96. The lowest BCUT2D eigenvalue weighted by atomic mass is 10.2. The first kappa shape index (κ1) is 19.7. The third-order valence-electron chi connectivity index (χ3n) is 5.96. The van der Waals surface area contributed by atoms with Crippen molar-refractivity contribution in [1.82, 2.24) is 34.1 Å². The summed E-state index contributed by atoms with van der Waals surface area (Å²) in [5.74, 6) is 2.19. The van der Waals surface area contributed by atoms with Crippen LogP contribution in [0.25, 0.3) is 33.5 Å². The van der Waals surface area contributed by atoms with Gasteiger partial charge >= 0.3 is 0 Å². The van der Waals surface area contributed by atoms with Gasteiger partial charge in [-0.15, -0.1) is 0 Å². The molecule has 10 nitrogen and oxygen atoms in total. The average Bonchev–Trinajstić information content (AvgIpc) is 3.59. The van der Waals surface area contributed by atoms with Crippen LogP contribution in [-0.2, 0) is 25.9 Å². The van der Waals surface area contributed by atoms with Gasteiger partial charge in [0.25, 0.3) is 0 Å². The predicted octanol–water partition coefficient (Wildman–Crippen LogP) is 3.17. The Hall–Kier alpha value is -3.92. The van der Waals surface area contributed by atoms with Crippen LogP contribution in [0.2, 0.25) is 0 Å². The molecule has 10 heteroatoms. The number of anilines is 2. The summed E-state index contributed by atoms with van der Waals surface area (Å²) in [5, 5.41) is 14.4. The number of rotatable bonds is 5. The predicted molar refractivity (Wildman–Crippen MR) is 125 cm³/mol. The molecule has 0 aromatic carbocycles. The van der Waals surface area contributed by atoms with Gasteiger partial charge in [0.2, 0.25) is 0 Å². The van der Waals surface area contributed by atoms with Gasteiger partial charge in [-0.25, -0.2) is 9.97 Å². The quantitative estimate of drug-likeness (QED) is 0.445. The molecule has 6 rings (SSSR count). The number of nitrogens with one attached hydrogen (secondary N) is 1. The van der Waals surface area contributed by atoms with Crippen LogP contribution in [0.15, 0.2) is 42.7 Å². The van der Waals surface area contributed by atoms with E-state index in [4.69, 9.17) is 19.4 Å². The summed E-state index contributed by atoms with van der Waals surface area (Å²) in [7, 11) is 5.75. The molecule has 5 aromatic heterocycles. The van der Waals surface area contributed by atoms with Crippen LogP contribution in [0, 0.1) is 0 Å². The van der Waals surface area contributed by atoms with Gasteiger partial charge < -0.3 is 19.4 Å². The summed E-state index contributed by atoms with van der Waals surface area (Å²) >= 11 is 0. The first-order valence-electron chi connectivity index (χ1n) is 10.9. The van der Waals surface area contributed by atoms with Crippen molar-refractivity contribution in [2.75, 3.05) is 18.5 Å². The minimum Gasteiger partial charge on any atom is -0.487 e. The highest BCUT2D eigenvalue weighted by Gasteiger charge is 2.21. The van der Waals surface area contributed by atoms with Crippen LogP contribution >= 0.6 is 0 Å². The minimum absolute atomic E-state index is 0.0328. The molecule has 1 saturated heterocycles. The average molecular weight is 444 g/mol. The van der Waals surface area contributed by atoms with Crippen LogP contribution in [0.1, 0.15) is 6.42 Å². The van der Waals surface area contributed by atoms with Crippen LogP contribution in [0.5, 0.6) is 5.75 Å². The molecule has 1 N–H and O–H groups in total. The zero-order valence-electron chi connectivity index (χ0n) is 18.7. The SMILES string of the molecule is Cn1nc(-c2ccc3ccn(C)c3n2)cc1Nc1cc(O[C@H]2CCOC2)c2cnn(C)c2n1. The van der Waals surface area contributed by atoms with Crippen molar-refractivity contribution in [3.63, 3.8) is 0 Å². The molecule has 1 atom stereocenters. The van der Waals surface area contributed by atoms with Gasteiger partial charge in [-0.1, -0.05) is 0 Å². The molecule has 0 radical (unpaired) electrons. The molecule has 1 aliphatic heterocycles. The van der Waals surface area contributed by atoms with Gasteiger partial charge in [-0.3, -0.25) is 9.36 Å². The molecule has 168 valence electrons. The van der Waals surface area contributed by atoms with E-state index in [9.17, 15) is 0 Å². The number of nitrogens with zero attached hydrogens (tertiary/aromatic N) is 7. The van der Waals surface area contributed by atoms with Gasteiger partial charge in [0.05, 0.1) is 30.5 Å². The van der Waals surface area contributed by atoms with E-state index in [2.05, 4.69) is 27.6 Å². The number of ether oxygens (including phenoxy) is 2. The molecule has 1 fully saturated rings. The van der Waals surface area contributed by atoms with Crippen LogP contribution in [0.3, 0.4) is 0 Å². The summed E-state index contributed by atoms with van der Waals surface area (Å²) < 4.78 is 17.2. The number of aryl methyl sites for hydroxylation is 3. The van der Waals surface area contributed by atoms with Gasteiger partial charge in [0.1, 0.15) is 34.8 Å². The summed E-state index contributed by atoms with van der Waals surface area (Å²) in [6, 6.07) is 9.98. The van der Waals surface area contributed by atoms with E-state index in [-0.39, 0.29) is 6.10 Å². The molecule has 0 unspecified atom stereocenters. The lowest BCUT2D eigenvalue weighted by molar-refractivity contribution is 0.142. The summed E-state index contributed by atoms with van der Waals surface area (Å²) in [6.45, 7) is 1.31. The largest absolute Gasteiger partial charge is 0.487 e. The van der Waals surface area contributed by atoms with E-state index in [1.807, 2.05) is 50.1 Å². The highest BCUT2D eigenvalue weighted by molar-refractivity contribution is 5.85. The van der Waals surface area contributed by atoms with Crippen molar-refractivity contribution in [1.29, 1.82) is 0 Å². The third kappa shape index (κ3) is 3.48. The molecule has 33 heavy (non-hydrogen) atoms. The molecular weight excluding hydrogens is 420 g/mol. The molecular formula is C23H24N8O2. The van der Waals surface area contributed by atoms with Gasteiger partial charge in [0.15, 0.2) is 5.65 Å². The number of hydrogen-bond donors (Lipinski definition) is 1. The Morgan fingerprint density at radius 2 is 1.94 bits per heavy atom. The second kappa shape index (κ2) is 7.59. The van der Waals surface area contributed by atoms with E-state index in [0.29, 0.717) is 12.4 Å². The van der Waals surface area contributed by atoms with Crippen molar-refractivity contribution >= 4 is 33.7 Å². The molecule has 0 amide bonds. The number of pyridine rings is 2. The Kier molecular flexibility index (Phi) is 4.54. The highest BCUT2D eigenvalue weighted by atomic mass is 16.5. The smallest absolute Gasteiger partial charge is 0.163 e. The standard InChI is InChI=1S/C23H24N8O2/c1-29-8-6-14-4-5-17(25-22(14)29)18-10-21(30(2)28-18)26-20-11-19(33-15-7-9-32-13-15)16-12-24-31(3)23(16)27-20/h4-6,8,10-12,15H,7,9,13H2,1-3H3,(H,26,27)/t15-/m0/s1. The van der Waals surface area contributed by atoms with E-state index in [1.54, 1.807) is 15.6 Å². The van der Waals surface area contributed by atoms with E-state index < -0.39 is 0 Å². The van der Waals surface area contributed by atoms with Gasteiger partial charge in [0, 0.05) is 51.3 Å². The van der Waals surface area contributed by atoms with E-state index >= 15 is 0 Å². The van der Waals surface area contributed by atoms with Crippen molar-refractivity contribution < 1.29 is 9.47 Å². The van der Waals surface area contributed by atoms with Gasteiger partial charge in [-0.05, 0) is 18.2 Å². The van der Waals surface area contributed by atoms with Crippen LogP contribution < -0.4 is 10.1 Å². The summed E-state index contributed by atoms with van der Waals surface area (Å²) in [6.07, 6.45) is 4.69. The zero-order valence-corrected chi connectivity index (χ0v) is 18.7. The highest BCUT2D eigenvalue weighted by Crippen LogP contribution is 2.31. The lowest BCUT2D eigenvalue weighted by Crippen LogP contribution is -2.16. The maximum Gasteiger partial charge on any atom is 0.163 e. The maximum absolute atomic E-state index is 6.24. The number of aromatic nitrogens is 7. The Bertz CT molecular complexity index is 1470. The zero-order chi connectivity index (χ0) is 22.5. The Morgan fingerprint density at radius 3 is 2.79 bits per heavy atom. The summed E-state index contributed by atoms with van der Waals surface area (Å²) in [4.78, 5) is 9.54. The van der Waals surface area contributed by atoms with E-state index in [1.165, 1.54) is 0 Å². The minimum atomic E-state index is 0.0328. The Labute approximate surface area is 189 Å². The van der Waals surface area contributed by atoms with Crippen LogP contribution in [0.4, 0.5) is 11.6 Å². The lowest BCUT2D eigenvalue weighted by Gasteiger charge is -2.14. The van der Waals surface area contributed by atoms with Crippen molar-refractivity contribution in [2.24, 2.45) is 21.1 Å². The Balaban J connectivity index is 1.34. The normalized spacial score (nSPS) is 16.2. The molecule has 0 bridgehead atoms. The molecule has 5 aromatic rings. The summed E-state index contributed by atoms with van der Waals surface area (Å²) in [5.41, 5.74) is 3.26. The molecule has 6 heterocycles. The molecule has 1 aliphatic rings. The monoisotopic (exact) mass is 444 g/mol. The molecule has 0 aliphatic carbocycles. The fourth-order valence-corrected chi connectivity index (χ4v) is 4.15. The van der Waals surface area contributed by atoms with Crippen molar-refractivity contribution in [3.05, 3.63) is 42.7 Å². The van der Waals surface area contributed by atoms with Crippen LogP contribution in [-0.4, -0.2) is 53.4 Å².